The quantitative estimate of drug-likeness (QED) is 0.170. The molecule has 51 heavy (non-hydrogen) atoms. The number of anilines is 6. The Morgan fingerprint density at radius 3 is 1.76 bits per heavy atom. The first-order valence-corrected chi connectivity index (χ1v) is 17.6. The Hall–Kier alpha value is -6.45. The fourth-order valence-corrected chi connectivity index (χ4v) is 7.72. The number of rotatable bonds is 7. The molecule has 0 amide bonds. The molecule has 0 saturated carbocycles. The molecule has 0 spiro atoms. The number of nitrogens with zero attached hydrogens (tertiary/aromatic N) is 3. The van der Waals surface area contributed by atoms with Crippen LogP contribution in [0.1, 0.15) is 25.0 Å². The minimum absolute atomic E-state index is 0.0859. The molecule has 7 aromatic carbocycles. The van der Waals surface area contributed by atoms with Crippen molar-refractivity contribution in [3.05, 3.63) is 199 Å². The van der Waals surface area contributed by atoms with E-state index >= 15 is 0 Å². The molecule has 0 radical (unpaired) electrons. The van der Waals surface area contributed by atoms with Crippen LogP contribution in [0.3, 0.4) is 0 Å². The molecule has 0 atom stereocenters. The summed E-state index contributed by atoms with van der Waals surface area (Å²) in [6.07, 6.45) is 1.99. The Balaban J connectivity index is 1.06. The first-order valence-electron chi connectivity index (χ1n) is 17.6. The lowest BCUT2D eigenvalue weighted by Crippen LogP contribution is -2.17. The van der Waals surface area contributed by atoms with Crippen molar-refractivity contribution in [1.29, 1.82) is 0 Å². The van der Waals surface area contributed by atoms with Crippen molar-refractivity contribution in [3.63, 3.8) is 0 Å². The summed E-state index contributed by atoms with van der Waals surface area (Å²) in [4.78, 5) is 9.67. The molecule has 1 aromatic heterocycles. The molecular formula is C48H37N3. The maximum Gasteiger partial charge on any atom is 0.137 e. The van der Waals surface area contributed by atoms with Crippen LogP contribution in [0.15, 0.2) is 188 Å². The van der Waals surface area contributed by atoms with E-state index in [1.165, 1.54) is 33.0 Å². The van der Waals surface area contributed by atoms with E-state index in [1.54, 1.807) is 0 Å². The van der Waals surface area contributed by atoms with Gasteiger partial charge in [-0.3, -0.25) is 4.90 Å². The summed E-state index contributed by atoms with van der Waals surface area (Å²) in [6, 6.07) is 65.0. The average molecular weight is 656 g/mol. The van der Waals surface area contributed by atoms with Crippen LogP contribution in [0.2, 0.25) is 0 Å². The first kappa shape index (κ1) is 30.6. The molecule has 0 bridgehead atoms. The smallest absolute Gasteiger partial charge is 0.137 e. The van der Waals surface area contributed by atoms with Crippen LogP contribution in [-0.2, 0) is 5.41 Å². The molecule has 0 N–H and O–H groups in total. The molecule has 1 aliphatic carbocycles. The van der Waals surface area contributed by atoms with E-state index in [1.807, 2.05) is 6.20 Å². The number of fused-ring (bicyclic) bond motifs is 4. The van der Waals surface area contributed by atoms with E-state index in [4.69, 9.17) is 4.98 Å². The summed E-state index contributed by atoms with van der Waals surface area (Å²) in [5.41, 5.74) is 13.0. The topological polar surface area (TPSA) is 19.4 Å². The van der Waals surface area contributed by atoms with Crippen molar-refractivity contribution in [3.8, 4) is 22.3 Å². The Kier molecular flexibility index (Phi) is 7.48. The van der Waals surface area contributed by atoms with Crippen LogP contribution >= 0.6 is 0 Å². The van der Waals surface area contributed by atoms with Gasteiger partial charge in [-0.1, -0.05) is 129 Å². The van der Waals surface area contributed by atoms with Crippen molar-refractivity contribution >= 4 is 45.0 Å². The molecule has 0 fully saturated rings. The lowest BCUT2D eigenvalue weighted by atomic mass is 9.82. The zero-order valence-electron chi connectivity index (χ0n) is 28.7. The van der Waals surface area contributed by atoms with Crippen LogP contribution in [0.4, 0.5) is 34.3 Å². The van der Waals surface area contributed by atoms with Crippen LogP contribution in [0.5, 0.6) is 0 Å². The van der Waals surface area contributed by atoms with E-state index < -0.39 is 0 Å². The van der Waals surface area contributed by atoms with Gasteiger partial charge in [0, 0.05) is 45.3 Å². The lowest BCUT2D eigenvalue weighted by Gasteiger charge is -2.27. The fourth-order valence-electron chi connectivity index (χ4n) is 7.72. The van der Waals surface area contributed by atoms with E-state index in [0.29, 0.717) is 0 Å². The molecule has 0 unspecified atom stereocenters. The lowest BCUT2D eigenvalue weighted by molar-refractivity contribution is 0.660. The van der Waals surface area contributed by atoms with Crippen molar-refractivity contribution in [2.24, 2.45) is 0 Å². The summed E-state index contributed by atoms with van der Waals surface area (Å²) in [6.45, 7) is 4.65. The predicted molar refractivity (Wildman–Crippen MR) is 214 cm³/mol. The molecule has 1 heterocycles. The van der Waals surface area contributed by atoms with Gasteiger partial charge in [0.15, 0.2) is 0 Å². The minimum Gasteiger partial charge on any atom is -0.310 e. The third kappa shape index (κ3) is 5.35. The Labute approximate surface area is 299 Å². The van der Waals surface area contributed by atoms with E-state index in [-0.39, 0.29) is 5.41 Å². The Bertz CT molecular complexity index is 2480. The highest BCUT2D eigenvalue weighted by Gasteiger charge is 2.35. The van der Waals surface area contributed by atoms with Gasteiger partial charge in [0.25, 0.3) is 0 Å². The molecule has 3 nitrogen and oxygen atoms in total. The zero-order valence-corrected chi connectivity index (χ0v) is 28.7. The largest absolute Gasteiger partial charge is 0.310 e. The SMILES string of the molecule is CC1(C)c2ccccc2-c2ccc(N(c3ccccc3)c3ccc(-c4ccc(N(c5ccccc5)c5cccc6ccccc56)cc4)cn3)cc21. The summed E-state index contributed by atoms with van der Waals surface area (Å²) in [5, 5.41) is 2.43. The number of aromatic nitrogens is 1. The van der Waals surface area contributed by atoms with Crippen LogP contribution in [-0.4, -0.2) is 4.98 Å². The van der Waals surface area contributed by atoms with Gasteiger partial charge >= 0.3 is 0 Å². The highest BCUT2D eigenvalue weighted by molar-refractivity contribution is 5.99. The van der Waals surface area contributed by atoms with Crippen LogP contribution < -0.4 is 9.80 Å². The maximum absolute atomic E-state index is 5.08. The molecule has 3 heteroatoms. The summed E-state index contributed by atoms with van der Waals surface area (Å²) >= 11 is 0. The second kappa shape index (κ2) is 12.5. The van der Waals surface area contributed by atoms with Gasteiger partial charge in [-0.25, -0.2) is 4.98 Å². The number of hydrogen-bond donors (Lipinski definition) is 0. The van der Waals surface area contributed by atoms with Gasteiger partial charge in [-0.2, -0.15) is 0 Å². The van der Waals surface area contributed by atoms with Crippen molar-refractivity contribution in [2.45, 2.75) is 19.3 Å². The maximum atomic E-state index is 5.08. The Morgan fingerprint density at radius 1 is 0.431 bits per heavy atom. The molecule has 0 aliphatic heterocycles. The van der Waals surface area contributed by atoms with Gasteiger partial charge in [-0.15, -0.1) is 0 Å². The van der Waals surface area contributed by atoms with E-state index in [9.17, 15) is 0 Å². The molecule has 0 saturated heterocycles. The third-order valence-corrected chi connectivity index (χ3v) is 10.3. The Morgan fingerprint density at radius 2 is 1.02 bits per heavy atom. The first-order chi connectivity index (χ1) is 25.1. The summed E-state index contributed by atoms with van der Waals surface area (Å²) < 4.78 is 0. The third-order valence-electron chi connectivity index (χ3n) is 10.3. The molecule has 1 aliphatic rings. The number of pyridine rings is 1. The van der Waals surface area contributed by atoms with Crippen molar-refractivity contribution in [1.82, 2.24) is 4.98 Å². The second-order valence-electron chi connectivity index (χ2n) is 13.7. The van der Waals surface area contributed by atoms with E-state index in [2.05, 4.69) is 206 Å². The van der Waals surface area contributed by atoms with Gasteiger partial charge in [0.2, 0.25) is 0 Å². The van der Waals surface area contributed by atoms with Gasteiger partial charge in [0.05, 0.1) is 5.69 Å². The predicted octanol–water partition coefficient (Wildman–Crippen LogP) is 13.1. The van der Waals surface area contributed by atoms with Crippen LogP contribution in [0, 0.1) is 0 Å². The molecular weight excluding hydrogens is 619 g/mol. The van der Waals surface area contributed by atoms with Gasteiger partial charge < -0.3 is 4.90 Å². The summed E-state index contributed by atoms with van der Waals surface area (Å²) in [5.74, 6) is 0.876. The highest BCUT2D eigenvalue weighted by Crippen LogP contribution is 2.50. The number of benzene rings is 7. The van der Waals surface area contributed by atoms with Crippen molar-refractivity contribution < 1.29 is 0 Å². The number of para-hydroxylation sites is 2. The average Bonchev–Trinajstić information content (AvgIpc) is 3.42. The highest BCUT2D eigenvalue weighted by atomic mass is 15.2. The second-order valence-corrected chi connectivity index (χ2v) is 13.7. The number of hydrogen-bond acceptors (Lipinski definition) is 3. The standard InChI is InChI=1S/C48H37N3/c1-48(2)44-22-12-11-21-42(44)43-30-29-40(32-45(43)48)51(38-18-7-4-8-19-38)47-31-26-36(33-49-47)34-24-27-39(28-25-34)50(37-16-5-3-6-17-37)46-23-13-15-35-14-9-10-20-41(35)46/h3-33H,1-2H3. The van der Waals surface area contributed by atoms with Gasteiger partial charge in [0.1, 0.15) is 5.82 Å². The zero-order chi connectivity index (χ0) is 34.4. The van der Waals surface area contributed by atoms with Gasteiger partial charge in [-0.05, 0) is 99.9 Å². The summed E-state index contributed by atoms with van der Waals surface area (Å²) in [7, 11) is 0. The normalized spacial score (nSPS) is 12.7. The fraction of sp³-hybridized carbons (Fsp3) is 0.0625. The monoisotopic (exact) mass is 655 g/mol. The molecule has 8 aromatic rings. The molecule has 244 valence electrons. The van der Waals surface area contributed by atoms with E-state index in [0.717, 1.165) is 45.4 Å². The van der Waals surface area contributed by atoms with Crippen molar-refractivity contribution in [2.75, 3.05) is 9.80 Å². The molecule has 9 rings (SSSR count). The minimum atomic E-state index is -0.0859. The van der Waals surface area contributed by atoms with Crippen LogP contribution in [0.25, 0.3) is 33.0 Å².